The van der Waals surface area contributed by atoms with Gasteiger partial charge in [-0.1, -0.05) is 51.5 Å². The van der Waals surface area contributed by atoms with Crippen molar-refractivity contribution in [2.45, 2.75) is 53.4 Å². The fourth-order valence-corrected chi connectivity index (χ4v) is 3.22. The van der Waals surface area contributed by atoms with Crippen molar-refractivity contribution >= 4 is 17.5 Å². The first kappa shape index (κ1) is 25.6. The molecule has 0 heterocycles. The zero-order valence-electron chi connectivity index (χ0n) is 19.6. The van der Waals surface area contributed by atoms with Gasteiger partial charge >= 0.3 is 0 Å². The molecule has 2 N–H and O–H groups in total. The van der Waals surface area contributed by atoms with Crippen LogP contribution in [0.5, 0.6) is 0 Å². The zero-order chi connectivity index (χ0) is 22.7. The molecule has 0 spiro atoms. The normalized spacial score (nSPS) is 12.8. The molecule has 1 aromatic rings. The van der Waals surface area contributed by atoms with Gasteiger partial charge in [-0.2, -0.15) is 0 Å². The Bertz CT molecular complexity index is 781. The molecule has 1 aromatic carbocycles. The standard InChI is InChI=1S/C24H38N4O2/c1-8-9-14-28(7)16-18(4)23(24(30)26-15-22(29)25-6)27-19(5)21-13-11-10-12-20(21)17(2)3/h10-13,17H,8-9,14-16H2,1-7H3,(H,25,29)(H,26,30)/b23-18+,27-19?. The van der Waals surface area contributed by atoms with E-state index in [-0.39, 0.29) is 18.4 Å². The van der Waals surface area contributed by atoms with Crippen LogP contribution in [0.2, 0.25) is 0 Å². The number of rotatable bonds is 11. The van der Waals surface area contributed by atoms with Crippen molar-refractivity contribution in [2.24, 2.45) is 4.99 Å². The summed E-state index contributed by atoms with van der Waals surface area (Å²) in [6.07, 6.45) is 2.22. The molecular formula is C24H38N4O2. The number of amides is 2. The van der Waals surface area contributed by atoms with E-state index in [0.29, 0.717) is 18.2 Å². The summed E-state index contributed by atoms with van der Waals surface area (Å²) in [4.78, 5) is 31.4. The molecule has 1 rings (SSSR count). The molecule has 0 saturated heterocycles. The van der Waals surface area contributed by atoms with E-state index in [9.17, 15) is 9.59 Å². The number of nitrogens with one attached hydrogen (secondary N) is 2. The van der Waals surface area contributed by atoms with Crippen molar-refractivity contribution in [3.63, 3.8) is 0 Å². The highest BCUT2D eigenvalue weighted by atomic mass is 16.2. The number of hydrogen-bond acceptors (Lipinski definition) is 4. The van der Waals surface area contributed by atoms with Gasteiger partial charge in [-0.25, -0.2) is 4.99 Å². The molecule has 2 amide bonds. The Kier molecular flexibility index (Phi) is 11.0. The summed E-state index contributed by atoms with van der Waals surface area (Å²) in [5, 5.41) is 5.21. The van der Waals surface area contributed by atoms with Crippen LogP contribution in [-0.2, 0) is 9.59 Å². The third-order valence-electron chi connectivity index (χ3n) is 4.96. The Morgan fingerprint density at radius 3 is 2.43 bits per heavy atom. The van der Waals surface area contributed by atoms with Crippen LogP contribution in [0.25, 0.3) is 0 Å². The molecule has 0 aliphatic heterocycles. The SMILES string of the molecule is CCCCN(C)C/C(C)=C(/N=C(C)c1ccccc1C(C)C)C(=O)NCC(=O)NC. The van der Waals surface area contributed by atoms with Crippen LogP contribution < -0.4 is 10.6 Å². The summed E-state index contributed by atoms with van der Waals surface area (Å²) in [7, 11) is 3.59. The summed E-state index contributed by atoms with van der Waals surface area (Å²) in [5.41, 5.74) is 4.28. The molecule has 0 unspecified atom stereocenters. The van der Waals surface area contributed by atoms with E-state index in [1.807, 2.05) is 39.1 Å². The average Bonchev–Trinajstić information content (AvgIpc) is 2.73. The van der Waals surface area contributed by atoms with Gasteiger partial charge in [-0.05, 0) is 56.5 Å². The number of carbonyl (C=O) groups is 2. The van der Waals surface area contributed by atoms with Gasteiger partial charge in [0.25, 0.3) is 5.91 Å². The van der Waals surface area contributed by atoms with E-state index in [4.69, 9.17) is 4.99 Å². The predicted molar refractivity (Wildman–Crippen MR) is 125 cm³/mol. The molecular weight excluding hydrogens is 376 g/mol. The van der Waals surface area contributed by atoms with Gasteiger partial charge in [-0.3, -0.25) is 9.59 Å². The molecule has 0 aromatic heterocycles. The lowest BCUT2D eigenvalue weighted by Crippen LogP contribution is -2.36. The number of aliphatic imine (C=N–C) groups is 1. The molecule has 30 heavy (non-hydrogen) atoms. The highest BCUT2D eigenvalue weighted by Crippen LogP contribution is 2.21. The number of benzene rings is 1. The second-order valence-electron chi connectivity index (χ2n) is 8.02. The van der Waals surface area contributed by atoms with Gasteiger partial charge in [-0.15, -0.1) is 0 Å². The Morgan fingerprint density at radius 1 is 1.17 bits per heavy atom. The first-order chi connectivity index (χ1) is 14.2. The van der Waals surface area contributed by atoms with Crippen LogP contribution in [0.1, 0.15) is 64.5 Å². The quantitative estimate of drug-likeness (QED) is 0.430. The molecule has 0 aliphatic rings. The van der Waals surface area contributed by atoms with Gasteiger partial charge in [0.1, 0.15) is 5.70 Å². The monoisotopic (exact) mass is 414 g/mol. The maximum atomic E-state index is 12.9. The minimum Gasteiger partial charge on any atom is -0.358 e. The third-order valence-corrected chi connectivity index (χ3v) is 4.96. The van der Waals surface area contributed by atoms with Crippen LogP contribution in [-0.4, -0.2) is 56.2 Å². The van der Waals surface area contributed by atoms with Crippen LogP contribution in [0.3, 0.4) is 0 Å². The van der Waals surface area contributed by atoms with E-state index < -0.39 is 0 Å². The summed E-state index contributed by atoms with van der Waals surface area (Å²) in [5.74, 6) is -0.227. The Hall–Kier alpha value is -2.47. The maximum absolute atomic E-state index is 12.9. The van der Waals surface area contributed by atoms with E-state index in [2.05, 4.69) is 42.4 Å². The van der Waals surface area contributed by atoms with Crippen LogP contribution in [0.4, 0.5) is 0 Å². The number of carbonyl (C=O) groups excluding carboxylic acids is 2. The first-order valence-electron chi connectivity index (χ1n) is 10.7. The number of unbranched alkanes of at least 4 members (excludes halogenated alkanes) is 1. The van der Waals surface area contributed by atoms with Crippen LogP contribution >= 0.6 is 0 Å². The molecule has 0 radical (unpaired) electrons. The Labute approximate surface area is 181 Å². The van der Waals surface area contributed by atoms with Crippen molar-refractivity contribution in [2.75, 3.05) is 33.7 Å². The average molecular weight is 415 g/mol. The third kappa shape index (κ3) is 8.11. The highest BCUT2D eigenvalue weighted by molar-refractivity contribution is 6.05. The molecule has 0 bridgehead atoms. The second kappa shape index (κ2) is 13.0. The largest absolute Gasteiger partial charge is 0.358 e. The molecule has 0 atom stereocenters. The van der Waals surface area contributed by atoms with Crippen molar-refractivity contribution in [3.8, 4) is 0 Å². The fourth-order valence-electron chi connectivity index (χ4n) is 3.22. The molecule has 0 fully saturated rings. The summed E-state index contributed by atoms with van der Waals surface area (Å²) in [6, 6.07) is 8.14. The van der Waals surface area contributed by atoms with Crippen molar-refractivity contribution < 1.29 is 9.59 Å². The Morgan fingerprint density at radius 2 is 1.83 bits per heavy atom. The van der Waals surface area contributed by atoms with Gasteiger partial charge in [0.2, 0.25) is 5.91 Å². The van der Waals surface area contributed by atoms with Gasteiger partial charge in [0.15, 0.2) is 0 Å². The van der Waals surface area contributed by atoms with Crippen LogP contribution in [0, 0.1) is 0 Å². The summed E-state index contributed by atoms with van der Waals surface area (Å²) >= 11 is 0. The smallest absolute Gasteiger partial charge is 0.270 e. The maximum Gasteiger partial charge on any atom is 0.270 e. The van der Waals surface area contributed by atoms with E-state index >= 15 is 0 Å². The van der Waals surface area contributed by atoms with E-state index in [1.165, 1.54) is 5.56 Å². The zero-order valence-corrected chi connectivity index (χ0v) is 19.6. The van der Waals surface area contributed by atoms with E-state index in [1.54, 1.807) is 7.05 Å². The van der Waals surface area contributed by atoms with Crippen molar-refractivity contribution in [1.82, 2.24) is 15.5 Å². The fraction of sp³-hybridized carbons (Fsp3) is 0.542. The minimum absolute atomic E-state index is 0.0745. The lowest BCUT2D eigenvalue weighted by molar-refractivity contribution is -0.124. The molecule has 0 aliphatic carbocycles. The Balaban J connectivity index is 3.28. The van der Waals surface area contributed by atoms with Crippen molar-refractivity contribution in [3.05, 3.63) is 46.7 Å². The minimum atomic E-state index is -0.332. The number of nitrogens with zero attached hydrogens (tertiary/aromatic N) is 2. The summed E-state index contributed by atoms with van der Waals surface area (Å²) in [6.45, 7) is 11.8. The molecule has 166 valence electrons. The first-order valence-corrected chi connectivity index (χ1v) is 10.7. The lowest BCUT2D eigenvalue weighted by Gasteiger charge is -2.19. The lowest BCUT2D eigenvalue weighted by atomic mass is 9.95. The predicted octanol–water partition coefficient (Wildman–Crippen LogP) is 3.49. The van der Waals surface area contributed by atoms with Gasteiger partial charge < -0.3 is 15.5 Å². The molecule has 0 saturated carbocycles. The van der Waals surface area contributed by atoms with E-state index in [0.717, 1.165) is 36.2 Å². The summed E-state index contributed by atoms with van der Waals surface area (Å²) < 4.78 is 0. The van der Waals surface area contributed by atoms with Gasteiger partial charge in [0, 0.05) is 19.3 Å². The van der Waals surface area contributed by atoms with Crippen molar-refractivity contribution in [1.29, 1.82) is 0 Å². The molecule has 6 heteroatoms. The number of hydrogen-bond donors (Lipinski definition) is 2. The molecule has 6 nitrogen and oxygen atoms in total. The van der Waals surface area contributed by atoms with Gasteiger partial charge in [0.05, 0.1) is 6.54 Å². The second-order valence-corrected chi connectivity index (χ2v) is 8.02. The highest BCUT2D eigenvalue weighted by Gasteiger charge is 2.17. The topological polar surface area (TPSA) is 73.8 Å². The van der Waals surface area contributed by atoms with Crippen LogP contribution in [0.15, 0.2) is 40.5 Å². The number of likely N-dealkylation sites (N-methyl/N-ethyl adjacent to an activating group) is 2.